The zero-order valence-corrected chi connectivity index (χ0v) is 20.2. The van der Waals surface area contributed by atoms with Crippen LogP contribution >= 0.6 is 15.9 Å². The van der Waals surface area contributed by atoms with Crippen molar-refractivity contribution >= 4 is 44.1 Å². The minimum Gasteiger partial charge on any atom is -0.733 e. The van der Waals surface area contributed by atoms with Crippen LogP contribution in [0, 0.1) is 5.21 Å². The van der Waals surface area contributed by atoms with Gasteiger partial charge in [0.1, 0.15) is 0 Å². The van der Waals surface area contributed by atoms with E-state index in [9.17, 15) is 20.0 Å². The SMILES string of the molecule is CC(=O)N1N=C(c2c(-c3ccccc3)c3cc(Br)ccc3[nH]c2=O)C[C@H]1c1cccc(N([O-])O)c1. The average Bonchev–Trinajstić information content (AvgIpc) is 3.29. The van der Waals surface area contributed by atoms with Crippen LogP contribution < -0.4 is 10.8 Å². The lowest BCUT2D eigenvalue weighted by molar-refractivity contribution is -0.130. The van der Waals surface area contributed by atoms with Crippen molar-refractivity contribution < 1.29 is 10.0 Å². The highest BCUT2D eigenvalue weighted by atomic mass is 79.9. The van der Waals surface area contributed by atoms with Gasteiger partial charge in [0.25, 0.3) is 5.56 Å². The summed E-state index contributed by atoms with van der Waals surface area (Å²) in [6.45, 7) is 1.40. The van der Waals surface area contributed by atoms with Gasteiger partial charge in [-0.2, -0.15) is 5.10 Å². The Bertz CT molecular complexity index is 1530. The van der Waals surface area contributed by atoms with Crippen molar-refractivity contribution in [3.63, 3.8) is 0 Å². The van der Waals surface area contributed by atoms with E-state index in [4.69, 9.17) is 0 Å². The smallest absolute Gasteiger partial charge is 0.258 e. The van der Waals surface area contributed by atoms with E-state index >= 15 is 0 Å². The van der Waals surface area contributed by atoms with Gasteiger partial charge in [-0.25, -0.2) is 5.01 Å². The molecule has 0 unspecified atom stereocenters. The average molecular weight is 532 g/mol. The summed E-state index contributed by atoms with van der Waals surface area (Å²) in [5.74, 6) is -0.306. The van der Waals surface area contributed by atoms with Crippen LogP contribution in [0.1, 0.15) is 30.5 Å². The second-order valence-corrected chi connectivity index (χ2v) is 9.17. The maximum Gasteiger partial charge on any atom is 0.258 e. The van der Waals surface area contributed by atoms with E-state index in [1.807, 2.05) is 48.5 Å². The number of aromatic amines is 1. The molecule has 4 aromatic rings. The summed E-state index contributed by atoms with van der Waals surface area (Å²) in [7, 11) is 0. The number of hydrogen-bond acceptors (Lipinski definition) is 6. The fraction of sp³-hybridized carbons (Fsp3) is 0.115. The number of anilines is 1. The van der Waals surface area contributed by atoms with Gasteiger partial charge in [-0.15, -0.1) is 0 Å². The molecular weight excluding hydrogens is 512 g/mol. The molecule has 0 radical (unpaired) electrons. The van der Waals surface area contributed by atoms with E-state index in [2.05, 4.69) is 26.0 Å². The van der Waals surface area contributed by atoms with Crippen molar-refractivity contribution in [3.05, 3.63) is 104 Å². The topological polar surface area (TPSA) is 112 Å². The number of H-pyrrole nitrogens is 1. The summed E-state index contributed by atoms with van der Waals surface area (Å²) >= 11 is 3.53. The number of nitrogens with one attached hydrogen (secondary N) is 1. The molecule has 3 aromatic carbocycles. The molecule has 0 aliphatic carbocycles. The molecule has 1 aliphatic rings. The second kappa shape index (κ2) is 9.10. The van der Waals surface area contributed by atoms with Gasteiger partial charge in [-0.1, -0.05) is 58.4 Å². The monoisotopic (exact) mass is 531 g/mol. The third kappa shape index (κ3) is 4.25. The molecule has 5 rings (SSSR count). The van der Waals surface area contributed by atoms with Crippen LogP contribution in [-0.2, 0) is 4.79 Å². The molecule has 2 N–H and O–H groups in total. The summed E-state index contributed by atoms with van der Waals surface area (Å²) in [4.78, 5) is 28.9. The first-order valence-electron chi connectivity index (χ1n) is 10.9. The molecule has 8 nitrogen and oxygen atoms in total. The van der Waals surface area contributed by atoms with Gasteiger partial charge in [-0.3, -0.25) is 14.8 Å². The lowest BCUT2D eigenvalue weighted by Crippen LogP contribution is -2.24. The first-order chi connectivity index (χ1) is 16.8. The van der Waals surface area contributed by atoms with Crippen LogP contribution in [0.2, 0.25) is 0 Å². The molecule has 1 amide bonds. The highest BCUT2D eigenvalue weighted by Crippen LogP contribution is 2.38. The largest absolute Gasteiger partial charge is 0.733 e. The van der Waals surface area contributed by atoms with Crippen molar-refractivity contribution in [2.75, 3.05) is 5.23 Å². The number of carbonyl (C=O) groups is 1. The van der Waals surface area contributed by atoms with Gasteiger partial charge >= 0.3 is 0 Å². The molecule has 2 heterocycles. The zero-order valence-electron chi connectivity index (χ0n) is 18.6. The van der Waals surface area contributed by atoms with Gasteiger partial charge in [0, 0.05) is 34.3 Å². The quantitative estimate of drug-likeness (QED) is 0.344. The van der Waals surface area contributed by atoms with E-state index in [0.29, 0.717) is 22.4 Å². The number of hydrogen-bond donors (Lipinski definition) is 2. The minimum atomic E-state index is -0.538. The molecule has 1 atom stereocenters. The standard InChI is InChI=1S/C26H20BrN4O4/c1-15(32)30-23(17-8-5-9-19(12-17)31(34)35)14-22(29-30)25-24(16-6-3-2-4-7-16)20-13-18(27)10-11-21(20)28-26(25)33/h2-13,23,34H,14H2,1H3,(H,28,33)/q-1/t23-/m0/s1. The van der Waals surface area contributed by atoms with Gasteiger partial charge in [0.05, 0.1) is 23.0 Å². The number of benzene rings is 3. The maximum absolute atomic E-state index is 13.4. The molecule has 0 saturated carbocycles. The first kappa shape index (κ1) is 23.0. The lowest BCUT2D eigenvalue weighted by Gasteiger charge is -2.25. The first-order valence-corrected chi connectivity index (χ1v) is 11.7. The Balaban J connectivity index is 1.71. The van der Waals surface area contributed by atoms with Crippen LogP contribution in [0.4, 0.5) is 5.69 Å². The molecule has 0 spiro atoms. The van der Waals surface area contributed by atoms with Gasteiger partial charge in [-0.05, 0) is 41.5 Å². The van der Waals surface area contributed by atoms with Gasteiger partial charge in [0.2, 0.25) is 5.91 Å². The highest BCUT2D eigenvalue weighted by molar-refractivity contribution is 9.10. The van der Waals surface area contributed by atoms with Gasteiger partial charge in [0.15, 0.2) is 0 Å². The summed E-state index contributed by atoms with van der Waals surface area (Å²) in [5, 5.41) is 27.3. The number of nitrogens with zero attached hydrogens (tertiary/aromatic N) is 3. The summed E-state index contributed by atoms with van der Waals surface area (Å²) < 4.78 is 0.861. The molecule has 0 fully saturated rings. The van der Waals surface area contributed by atoms with Crippen LogP contribution in [0.15, 0.2) is 87.2 Å². The molecule has 1 aliphatic heterocycles. The van der Waals surface area contributed by atoms with E-state index in [1.165, 1.54) is 24.1 Å². The van der Waals surface area contributed by atoms with Crippen LogP contribution in [0.5, 0.6) is 0 Å². The minimum absolute atomic E-state index is 0.0397. The van der Waals surface area contributed by atoms with E-state index in [1.54, 1.807) is 12.1 Å². The number of amides is 1. The Hall–Kier alpha value is -3.79. The van der Waals surface area contributed by atoms with Crippen LogP contribution in [0.3, 0.4) is 0 Å². The third-order valence-electron chi connectivity index (χ3n) is 6.04. The summed E-state index contributed by atoms with van der Waals surface area (Å²) in [5.41, 5.74) is 3.46. The van der Waals surface area contributed by atoms with E-state index < -0.39 is 6.04 Å². The number of rotatable bonds is 4. The van der Waals surface area contributed by atoms with Crippen molar-refractivity contribution in [1.82, 2.24) is 9.99 Å². The number of aromatic nitrogens is 1. The Labute approximate surface area is 208 Å². The van der Waals surface area contributed by atoms with Crippen molar-refractivity contribution in [2.24, 2.45) is 5.10 Å². The zero-order chi connectivity index (χ0) is 24.7. The Morgan fingerprint density at radius 2 is 1.89 bits per heavy atom. The van der Waals surface area contributed by atoms with Crippen molar-refractivity contribution in [3.8, 4) is 11.1 Å². The van der Waals surface area contributed by atoms with Crippen LogP contribution in [0.25, 0.3) is 22.0 Å². The van der Waals surface area contributed by atoms with E-state index in [0.717, 1.165) is 21.0 Å². The molecule has 176 valence electrons. The fourth-order valence-electron chi connectivity index (χ4n) is 4.51. The number of carbonyl (C=O) groups excluding carboxylic acids is 1. The third-order valence-corrected chi connectivity index (χ3v) is 6.53. The number of fused-ring (bicyclic) bond motifs is 1. The predicted octanol–water partition coefficient (Wildman–Crippen LogP) is 5.35. The van der Waals surface area contributed by atoms with Crippen molar-refractivity contribution in [2.45, 2.75) is 19.4 Å². The fourth-order valence-corrected chi connectivity index (χ4v) is 4.87. The molecule has 35 heavy (non-hydrogen) atoms. The lowest BCUT2D eigenvalue weighted by atomic mass is 9.91. The summed E-state index contributed by atoms with van der Waals surface area (Å²) in [6, 6.07) is 21.0. The second-order valence-electron chi connectivity index (χ2n) is 8.26. The summed E-state index contributed by atoms with van der Waals surface area (Å²) in [6.07, 6.45) is 0.260. The number of halogens is 1. The Morgan fingerprint density at radius 3 is 2.60 bits per heavy atom. The van der Waals surface area contributed by atoms with Crippen LogP contribution in [-0.4, -0.2) is 26.8 Å². The normalized spacial score (nSPS) is 15.4. The Kier molecular flexibility index (Phi) is 5.98. The number of hydrazone groups is 1. The maximum atomic E-state index is 13.4. The number of pyridine rings is 1. The highest BCUT2D eigenvalue weighted by Gasteiger charge is 2.34. The van der Waals surface area contributed by atoms with Crippen molar-refractivity contribution in [1.29, 1.82) is 0 Å². The van der Waals surface area contributed by atoms with E-state index in [-0.39, 0.29) is 28.8 Å². The van der Waals surface area contributed by atoms with Gasteiger partial charge < -0.3 is 15.4 Å². The predicted molar refractivity (Wildman–Crippen MR) is 138 cm³/mol. The Morgan fingerprint density at radius 1 is 1.11 bits per heavy atom. The molecule has 0 saturated heterocycles. The molecule has 9 heteroatoms. The molecule has 1 aromatic heterocycles. The molecule has 0 bridgehead atoms. The molecular formula is C26H20BrN4O4-.